The first kappa shape index (κ1) is 17.7. The molecule has 1 aliphatic heterocycles. The Balaban J connectivity index is 2.13. The van der Waals surface area contributed by atoms with Gasteiger partial charge in [-0.15, -0.1) is 0 Å². The Hall–Kier alpha value is -3.07. The summed E-state index contributed by atoms with van der Waals surface area (Å²) in [7, 11) is 6.42. The van der Waals surface area contributed by atoms with E-state index >= 15 is 0 Å². The second-order valence-corrected chi connectivity index (χ2v) is 6.06. The molecule has 6 heteroatoms. The number of methoxy groups -OCH3 is 4. The van der Waals surface area contributed by atoms with Crippen molar-refractivity contribution in [2.75, 3.05) is 35.0 Å². The molecule has 0 bridgehead atoms. The summed E-state index contributed by atoms with van der Waals surface area (Å²) in [5.41, 5.74) is 3.26. The molecule has 0 aliphatic carbocycles. The Morgan fingerprint density at radius 1 is 0.962 bits per heavy atom. The molecule has 1 aliphatic rings. The third-order valence-corrected chi connectivity index (χ3v) is 4.72. The highest BCUT2D eigenvalue weighted by molar-refractivity contribution is 5.56. The van der Waals surface area contributed by atoms with Gasteiger partial charge in [0.25, 0.3) is 0 Å². The van der Waals surface area contributed by atoms with Crippen LogP contribution >= 0.6 is 0 Å². The summed E-state index contributed by atoms with van der Waals surface area (Å²) in [6.45, 7) is 1.17. The average molecular weight is 354 g/mol. The Morgan fingerprint density at radius 2 is 1.65 bits per heavy atom. The first-order chi connectivity index (χ1) is 12.6. The van der Waals surface area contributed by atoms with Gasteiger partial charge in [0, 0.05) is 12.5 Å². The standard InChI is InChI=1S/C20H22N2O4/c1-23-15-5-6-16-14(7-15)10-22(12-21)11-17(16)13-8-18(24-2)20(26-4)19(9-13)25-3/h5-9,17H,10-11H2,1-4H3. The maximum absolute atomic E-state index is 9.47. The lowest BCUT2D eigenvalue weighted by Crippen LogP contribution is -2.30. The van der Waals surface area contributed by atoms with Crippen molar-refractivity contribution < 1.29 is 18.9 Å². The van der Waals surface area contributed by atoms with E-state index in [9.17, 15) is 5.26 Å². The van der Waals surface area contributed by atoms with Gasteiger partial charge in [-0.25, -0.2) is 0 Å². The van der Waals surface area contributed by atoms with Crippen LogP contribution < -0.4 is 18.9 Å². The van der Waals surface area contributed by atoms with Crippen LogP contribution in [0.1, 0.15) is 22.6 Å². The van der Waals surface area contributed by atoms with E-state index in [1.54, 1.807) is 33.3 Å². The minimum atomic E-state index is 0.0120. The SMILES string of the molecule is COc1ccc2c(c1)CN(C#N)CC2c1cc(OC)c(OC)c(OC)c1. The molecule has 26 heavy (non-hydrogen) atoms. The normalized spacial score (nSPS) is 15.7. The summed E-state index contributed by atoms with van der Waals surface area (Å²) in [6, 6.07) is 9.90. The third kappa shape index (κ3) is 3.08. The minimum absolute atomic E-state index is 0.0120. The number of hydrogen-bond donors (Lipinski definition) is 0. The number of nitriles is 1. The first-order valence-electron chi connectivity index (χ1n) is 8.26. The monoisotopic (exact) mass is 354 g/mol. The molecule has 0 aromatic heterocycles. The van der Waals surface area contributed by atoms with Gasteiger partial charge in [0.1, 0.15) is 5.75 Å². The van der Waals surface area contributed by atoms with Crippen LogP contribution in [0.2, 0.25) is 0 Å². The molecule has 136 valence electrons. The number of rotatable bonds is 5. The highest BCUT2D eigenvalue weighted by Crippen LogP contribution is 2.43. The van der Waals surface area contributed by atoms with Gasteiger partial charge in [-0.2, -0.15) is 5.26 Å². The number of benzene rings is 2. The predicted octanol–water partition coefficient (Wildman–Crippen LogP) is 3.15. The summed E-state index contributed by atoms with van der Waals surface area (Å²) in [6.07, 6.45) is 2.27. The van der Waals surface area contributed by atoms with Crippen molar-refractivity contribution in [3.8, 4) is 29.2 Å². The Bertz CT molecular complexity index is 819. The van der Waals surface area contributed by atoms with E-state index in [-0.39, 0.29) is 5.92 Å². The highest BCUT2D eigenvalue weighted by atomic mass is 16.5. The molecular formula is C20H22N2O4. The summed E-state index contributed by atoms with van der Waals surface area (Å²) < 4.78 is 21.7. The fourth-order valence-electron chi connectivity index (χ4n) is 3.44. The molecule has 0 amide bonds. The van der Waals surface area contributed by atoms with Gasteiger partial charge in [0.05, 0.1) is 35.0 Å². The Kier molecular flexibility index (Phi) is 5.08. The van der Waals surface area contributed by atoms with Gasteiger partial charge in [0.2, 0.25) is 5.75 Å². The quantitative estimate of drug-likeness (QED) is 0.769. The molecule has 0 fully saturated rings. The summed E-state index contributed by atoms with van der Waals surface area (Å²) in [5, 5.41) is 9.47. The van der Waals surface area contributed by atoms with Gasteiger partial charge < -0.3 is 23.8 Å². The Morgan fingerprint density at radius 3 is 2.19 bits per heavy atom. The topological polar surface area (TPSA) is 64.0 Å². The molecule has 1 atom stereocenters. The van der Waals surface area contributed by atoms with E-state index < -0.39 is 0 Å². The second-order valence-electron chi connectivity index (χ2n) is 6.06. The van der Waals surface area contributed by atoms with Crippen molar-refractivity contribution in [1.29, 1.82) is 5.26 Å². The third-order valence-electron chi connectivity index (χ3n) is 4.72. The van der Waals surface area contributed by atoms with Crippen molar-refractivity contribution in [3.05, 3.63) is 47.0 Å². The first-order valence-corrected chi connectivity index (χ1v) is 8.26. The van der Waals surface area contributed by atoms with Gasteiger partial charge >= 0.3 is 0 Å². The fourth-order valence-corrected chi connectivity index (χ4v) is 3.44. The molecule has 6 nitrogen and oxygen atoms in total. The second kappa shape index (κ2) is 7.44. The number of fused-ring (bicyclic) bond motifs is 1. The maximum atomic E-state index is 9.47. The van der Waals surface area contributed by atoms with Crippen molar-refractivity contribution in [3.63, 3.8) is 0 Å². The van der Waals surface area contributed by atoms with Gasteiger partial charge in [-0.3, -0.25) is 0 Å². The lowest BCUT2D eigenvalue weighted by Gasteiger charge is -2.32. The van der Waals surface area contributed by atoms with E-state index in [0.717, 1.165) is 16.9 Å². The van der Waals surface area contributed by atoms with Crippen molar-refractivity contribution in [2.24, 2.45) is 0 Å². The molecule has 1 heterocycles. The fraction of sp³-hybridized carbons (Fsp3) is 0.350. The molecule has 0 N–H and O–H groups in total. The number of nitrogens with zero attached hydrogens (tertiary/aromatic N) is 2. The van der Waals surface area contributed by atoms with Gasteiger partial charge in [-0.1, -0.05) is 6.07 Å². The van der Waals surface area contributed by atoms with Gasteiger partial charge in [0.15, 0.2) is 17.7 Å². The zero-order valence-corrected chi connectivity index (χ0v) is 15.4. The van der Waals surface area contributed by atoms with E-state index in [1.807, 2.05) is 24.3 Å². The van der Waals surface area contributed by atoms with Crippen LogP contribution in [0.15, 0.2) is 30.3 Å². The van der Waals surface area contributed by atoms with Crippen LogP contribution in [-0.4, -0.2) is 39.9 Å². The van der Waals surface area contributed by atoms with Gasteiger partial charge in [-0.05, 0) is 41.0 Å². The average Bonchev–Trinajstić information content (AvgIpc) is 2.70. The summed E-state index contributed by atoms with van der Waals surface area (Å²) >= 11 is 0. The number of ether oxygens (including phenoxy) is 4. The van der Waals surface area contributed by atoms with Crippen molar-refractivity contribution >= 4 is 0 Å². The molecule has 0 spiro atoms. The Labute approximate surface area is 153 Å². The predicted molar refractivity (Wildman–Crippen MR) is 97.0 cm³/mol. The zero-order chi connectivity index (χ0) is 18.7. The summed E-state index contributed by atoms with van der Waals surface area (Å²) in [4.78, 5) is 1.75. The molecule has 2 aromatic rings. The molecule has 0 saturated heterocycles. The molecule has 0 saturated carbocycles. The van der Waals surface area contributed by atoms with Crippen LogP contribution in [-0.2, 0) is 6.54 Å². The van der Waals surface area contributed by atoms with Crippen LogP contribution in [0.4, 0.5) is 0 Å². The van der Waals surface area contributed by atoms with Crippen LogP contribution in [0, 0.1) is 11.5 Å². The molecule has 1 unspecified atom stereocenters. The van der Waals surface area contributed by atoms with Crippen molar-refractivity contribution in [1.82, 2.24) is 4.90 Å². The zero-order valence-electron chi connectivity index (χ0n) is 15.4. The smallest absolute Gasteiger partial charge is 0.203 e. The largest absolute Gasteiger partial charge is 0.497 e. The van der Waals surface area contributed by atoms with Crippen molar-refractivity contribution in [2.45, 2.75) is 12.5 Å². The van der Waals surface area contributed by atoms with E-state index in [0.29, 0.717) is 30.3 Å². The maximum Gasteiger partial charge on any atom is 0.203 e. The molecule has 2 aromatic carbocycles. The lowest BCUT2D eigenvalue weighted by atomic mass is 9.84. The highest BCUT2D eigenvalue weighted by Gasteiger charge is 2.28. The summed E-state index contributed by atoms with van der Waals surface area (Å²) in [5.74, 6) is 2.56. The van der Waals surface area contributed by atoms with E-state index in [2.05, 4.69) is 12.3 Å². The van der Waals surface area contributed by atoms with Crippen LogP contribution in [0.5, 0.6) is 23.0 Å². The molecular weight excluding hydrogens is 332 g/mol. The van der Waals surface area contributed by atoms with E-state index in [1.165, 1.54) is 5.56 Å². The molecule has 0 radical (unpaired) electrons. The van der Waals surface area contributed by atoms with Crippen LogP contribution in [0.25, 0.3) is 0 Å². The minimum Gasteiger partial charge on any atom is -0.497 e. The van der Waals surface area contributed by atoms with Crippen LogP contribution in [0.3, 0.4) is 0 Å². The lowest BCUT2D eigenvalue weighted by molar-refractivity contribution is 0.320. The number of hydrogen-bond acceptors (Lipinski definition) is 6. The molecule has 3 rings (SSSR count). The van der Waals surface area contributed by atoms with E-state index in [4.69, 9.17) is 18.9 Å².